The minimum atomic E-state index is 0. The lowest BCUT2D eigenvalue weighted by Gasteiger charge is -1.79. The van der Waals surface area contributed by atoms with Gasteiger partial charge in [0.15, 0.2) is 0 Å². The van der Waals surface area contributed by atoms with Gasteiger partial charge in [-0.15, -0.1) is 6.61 Å². The van der Waals surface area contributed by atoms with Gasteiger partial charge in [0, 0.05) is 0 Å². The van der Waals surface area contributed by atoms with Gasteiger partial charge in [-0.1, -0.05) is 6.92 Å². The van der Waals surface area contributed by atoms with Crippen molar-refractivity contribution in [1.29, 1.82) is 0 Å². The molecule has 8 N–H and O–H groups in total. The third-order valence-corrected chi connectivity index (χ3v) is 0. The summed E-state index contributed by atoms with van der Waals surface area (Å²) in [7, 11) is 0. The number of hydrogen-bond donors (Lipinski definition) is 2. The Labute approximate surface area is 44.3 Å². The highest BCUT2D eigenvalue weighted by atomic mass is 35.5. The van der Waals surface area contributed by atoms with E-state index in [2.05, 4.69) is 0 Å². The third kappa shape index (κ3) is 1450. The van der Waals surface area contributed by atoms with E-state index < -0.39 is 0 Å². The molecule has 0 aliphatic rings. The summed E-state index contributed by atoms with van der Waals surface area (Å²) in [5, 5.41) is 8.93. The summed E-state index contributed by atoms with van der Waals surface area (Å²) >= 11 is 0. The van der Waals surface area contributed by atoms with E-state index in [1.165, 1.54) is 0 Å². The second kappa shape index (κ2) is 65.7. The van der Waals surface area contributed by atoms with Crippen molar-refractivity contribution in [3.63, 3.8) is 0 Å². The monoisotopic (exact) mass is 116 g/mol. The van der Waals surface area contributed by atoms with Gasteiger partial charge in [-0.25, -0.2) is 0 Å². The molecule has 0 heterocycles. The quantitative estimate of drug-likeness (QED) is 0.350. The van der Waals surface area contributed by atoms with Crippen LogP contribution in [-0.4, -0.2) is 6.61 Å². The molecule has 44 valence electrons. The van der Waals surface area contributed by atoms with E-state index in [0.29, 0.717) is 0 Å². The maximum Gasteiger partial charge on any atom is -0.0809 e. The molecule has 0 aromatic heterocycles. The molecular formula is C2H13ClN2O. The van der Waals surface area contributed by atoms with E-state index in [1.54, 1.807) is 6.92 Å². The fraction of sp³-hybridized carbons (Fsp3) is 1.00. The highest BCUT2D eigenvalue weighted by Gasteiger charge is 1.16. The molecule has 0 amide bonds. The van der Waals surface area contributed by atoms with Crippen molar-refractivity contribution >= 4 is 0 Å². The summed E-state index contributed by atoms with van der Waals surface area (Å²) in [4.78, 5) is 0. The first kappa shape index (κ1) is 35.0. The molecule has 0 bridgehead atoms. The lowest BCUT2D eigenvalue weighted by molar-refractivity contribution is -0.361. The van der Waals surface area contributed by atoms with E-state index in [-0.39, 0.29) is 31.3 Å². The molecule has 0 spiro atoms. The van der Waals surface area contributed by atoms with Crippen LogP contribution in [0.2, 0.25) is 0 Å². The summed E-state index contributed by atoms with van der Waals surface area (Å²) in [6.07, 6.45) is 0. The molecule has 6 heavy (non-hydrogen) atoms. The molecule has 4 heteroatoms. The maximum atomic E-state index is 8.93. The largest absolute Gasteiger partial charge is 1.00 e. The van der Waals surface area contributed by atoms with Gasteiger partial charge in [0.25, 0.3) is 0 Å². The van der Waals surface area contributed by atoms with Crippen molar-refractivity contribution in [3.8, 4) is 0 Å². The first-order chi connectivity index (χ1) is 1.41. The lowest BCUT2D eigenvalue weighted by Crippen LogP contribution is -3.00. The standard InChI is InChI=1S/C2H5O.ClH.2H3N/c1-2-3;;;/h2H2,1H3;1H;2*1H3/q-1;;;/p+1. The van der Waals surface area contributed by atoms with Crippen molar-refractivity contribution in [2.75, 3.05) is 6.61 Å². The van der Waals surface area contributed by atoms with Crippen LogP contribution in [0.25, 0.3) is 0 Å². The summed E-state index contributed by atoms with van der Waals surface area (Å²) in [6.45, 7) is 1.57. The molecule has 0 fully saturated rings. The average molecular weight is 117 g/mol. The normalized spacial score (nSPS) is 3.00. The Morgan fingerprint density at radius 1 is 1.33 bits per heavy atom. The Bertz CT molecular complexity index is 11.5. The zero-order chi connectivity index (χ0) is 2.71. The smallest absolute Gasteiger partial charge is 0.0809 e. The molecule has 0 aromatic carbocycles. The molecule has 0 aliphatic heterocycles. The Balaban J connectivity index is -0.00000000667. The molecule has 0 unspecified atom stereocenters. The Morgan fingerprint density at radius 3 is 1.33 bits per heavy atom. The van der Waals surface area contributed by atoms with E-state index >= 15 is 0 Å². The van der Waals surface area contributed by atoms with Crippen molar-refractivity contribution in [1.82, 2.24) is 12.3 Å². The van der Waals surface area contributed by atoms with Gasteiger partial charge in [0.05, 0.1) is 0 Å². The van der Waals surface area contributed by atoms with Crippen LogP contribution in [0.15, 0.2) is 0 Å². The first-order valence-corrected chi connectivity index (χ1v) is 0.996. The number of rotatable bonds is 0. The van der Waals surface area contributed by atoms with Gasteiger partial charge in [0.2, 0.25) is 0 Å². The highest BCUT2D eigenvalue weighted by Crippen LogP contribution is 1.18. The van der Waals surface area contributed by atoms with Crippen LogP contribution in [0.5, 0.6) is 0 Å². The van der Waals surface area contributed by atoms with Crippen molar-refractivity contribution in [3.05, 3.63) is 0 Å². The Kier molecular flexibility index (Phi) is 383. The van der Waals surface area contributed by atoms with Crippen LogP contribution in [0.3, 0.4) is 0 Å². The topological polar surface area (TPSA) is 96.1 Å². The maximum absolute atomic E-state index is 8.93. The Hall–Kier alpha value is 0.170. The molecule has 3 nitrogen and oxygen atoms in total. The van der Waals surface area contributed by atoms with Gasteiger partial charge >= 0.3 is 0 Å². The minimum Gasteiger partial charge on any atom is -1.00 e. The van der Waals surface area contributed by atoms with Crippen LogP contribution in [0.4, 0.5) is 0 Å². The lowest BCUT2D eigenvalue weighted by atomic mass is 10.9. The summed E-state index contributed by atoms with van der Waals surface area (Å²) in [5.41, 5.74) is 0. The second-order valence-corrected chi connectivity index (χ2v) is 0.289. The Morgan fingerprint density at radius 2 is 1.33 bits per heavy atom. The number of quaternary nitrogens is 2. The van der Waals surface area contributed by atoms with Crippen LogP contribution >= 0.6 is 0 Å². The zero-order valence-corrected chi connectivity index (χ0v) is 5.25. The van der Waals surface area contributed by atoms with Crippen LogP contribution in [0, 0.1) is 0 Å². The number of halogens is 1. The average Bonchev–Trinajstić information content (AvgIpc) is 0.918. The zero-order valence-electron chi connectivity index (χ0n) is 4.49. The van der Waals surface area contributed by atoms with Gasteiger partial charge in [-0.3, -0.25) is 0 Å². The molecule has 0 aromatic rings. The van der Waals surface area contributed by atoms with Crippen molar-refractivity contribution < 1.29 is 17.5 Å². The first-order valence-electron chi connectivity index (χ1n) is 0.996. The van der Waals surface area contributed by atoms with Gasteiger partial charge in [-0.05, 0) is 0 Å². The van der Waals surface area contributed by atoms with Crippen LogP contribution in [0.1, 0.15) is 6.92 Å². The predicted molar refractivity (Wildman–Crippen MR) is 22.5 cm³/mol. The summed E-state index contributed by atoms with van der Waals surface area (Å²) in [6, 6.07) is 0. The van der Waals surface area contributed by atoms with Crippen molar-refractivity contribution in [2.24, 2.45) is 0 Å². The fourth-order valence-electron chi connectivity index (χ4n) is 0. The van der Waals surface area contributed by atoms with Crippen LogP contribution < -0.4 is 29.8 Å². The minimum absolute atomic E-state index is 0. The van der Waals surface area contributed by atoms with Gasteiger partial charge in [0.1, 0.15) is 0 Å². The number of hydrogen-bond acceptors (Lipinski definition) is 1. The van der Waals surface area contributed by atoms with E-state index in [0.717, 1.165) is 0 Å². The molecule has 0 radical (unpaired) electrons. The van der Waals surface area contributed by atoms with E-state index in [1.807, 2.05) is 0 Å². The molecule has 0 saturated heterocycles. The molecule has 0 atom stereocenters. The van der Waals surface area contributed by atoms with Gasteiger partial charge in [-0.2, -0.15) is 0 Å². The highest BCUT2D eigenvalue weighted by molar-refractivity contribution is 3.79. The second-order valence-electron chi connectivity index (χ2n) is 0.289. The molecular weight excluding hydrogens is 103 g/mol. The summed E-state index contributed by atoms with van der Waals surface area (Å²) < 4.78 is 0. The van der Waals surface area contributed by atoms with Gasteiger partial charge < -0.3 is 29.8 Å². The third-order valence-electron chi connectivity index (χ3n) is 0. The SMILES string of the molecule is CC[O-].[Cl-].[NH4+].[NH4+]. The van der Waals surface area contributed by atoms with Crippen molar-refractivity contribution in [2.45, 2.75) is 6.92 Å². The van der Waals surface area contributed by atoms with E-state index in [4.69, 9.17) is 5.11 Å². The van der Waals surface area contributed by atoms with E-state index in [9.17, 15) is 0 Å². The predicted octanol–water partition coefficient (Wildman–Crippen LogP) is -2.88. The molecule has 0 rings (SSSR count). The molecule has 0 saturated carbocycles. The van der Waals surface area contributed by atoms with Crippen LogP contribution in [-0.2, 0) is 0 Å². The fourth-order valence-corrected chi connectivity index (χ4v) is 0. The summed E-state index contributed by atoms with van der Waals surface area (Å²) in [5.74, 6) is 0. The molecule has 0 aliphatic carbocycles.